The fraction of sp³-hybridized carbons (Fsp3) is 0.508. The zero-order valence-electron chi connectivity index (χ0n) is 41.9. The van der Waals surface area contributed by atoms with E-state index in [1.54, 1.807) is 18.2 Å². The highest BCUT2D eigenvalue weighted by Gasteiger charge is 2.65. The SMILES string of the molecule is CCN(CC)c1ccc(C=Cc2c3c4c(/C=C\C5=C(C#N)C(=C(C#N)C#N)OC5(c5ccccc5)C(F)(F)F)c(c2OCCCCCCCCCCCCO4)OCCCCCCCCCCCCO3)cc1. The van der Waals surface area contributed by atoms with Gasteiger partial charge in [0.05, 0.1) is 37.6 Å². The third kappa shape index (κ3) is 14.0. The van der Waals surface area contributed by atoms with Gasteiger partial charge in [-0.25, -0.2) is 0 Å². The lowest BCUT2D eigenvalue weighted by Crippen LogP contribution is -2.43. The monoisotopic (exact) mass is 973 g/mol. The van der Waals surface area contributed by atoms with Crippen molar-refractivity contribution in [2.24, 2.45) is 0 Å². The predicted molar refractivity (Wildman–Crippen MR) is 275 cm³/mol. The van der Waals surface area contributed by atoms with Crippen molar-refractivity contribution in [1.82, 2.24) is 0 Å². The van der Waals surface area contributed by atoms with Crippen molar-refractivity contribution in [1.29, 1.82) is 15.8 Å². The first-order valence-corrected chi connectivity index (χ1v) is 26.2. The molecule has 6 rings (SSSR count). The van der Waals surface area contributed by atoms with E-state index in [-0.39, 0.29) is 22.6 Å². The summed E-state index contributed by atoms with van der Waals surface area (Å²) >= 11 is 0. The molecule has 3 aliphatic heterocycles. The van der Waals surface area contributed by atoms with Crippen LogP contribution in [0.1, 0.15) is 165 Å². The minimum absolute atomic E-state index is 0.281. The Bertz CT molecular complexity index is 2360. The first kappa shape index (κ1) is 54.0. The smallest absolute Gasteiger partial charge is 0.437 e. The molecule has 378 valence electrons. The molecule has 0 aromatic heterocycles. The molecule has 0 aliphatic carbocycles. The van der Waals surface area contributed by atoms with E-state index in [2.05, 4.69) is 43.0 Å². The van der Waals surface area contributed by atoms with E-state index in [4.69, 9.17) is 23.7 Å². The minimum Gasteiger partial charge on any atom is -0.489 e. The summed E-state index contributed by atoms with van der Waals surface area (Å²) in [6, 6.07) is 20.5. The maximum Gasteiger partial charge on any atom is 0.437 e. The van der Waals surface area contributed by atoms with Crippen LogP contribution in [0.5, 0.6) is 23.0 Å². The van der Waals surface area contributed by atoms with Crippen LogP contribution < -0.4 is 23.8 Å². The summed E-state index contributed by atoms with van der Waals surface area (Å²) in [5, 5.41) is 30.7. The number of rotatable bonds is 8. The summed E-state index contributed by atoms with van der Waals surface area (Å²) in [4.78, 5) is 2.28. The predicted octanol–water partition coefficient (Wildman–Crippen LogP) is 15.7. The van der Waals surface area contributed by atoms with E-state index in [1.165, 1.54) is 62.1 Å². The van der Waals surface area contributed by atoms with Crippen LogP contribution in [0.25, 0.3) is 18.2 Å². The molecule has 4 bridgehead atoms. The Kier molecular flexibility index (Phi) is 21.2. The number of anilines is 1. The Morgan fingerprint density at radius 2 is 0.944 bits per heavy atom. The van der Waals surface area contributed by atoms with Gasteiger partial charge in [-0.1, -0.05) is 157 Å². The summed E-state index contributed by atoms with van der Waals surface area (Å²) in [6.07, 6.45) is 21.8. The van der Waals surface area contributed by atoms with Crippen LogP contribution in [0.4, 0.5) is 18.9 Å². The molecule has 0 spiro atoms. The fourth-order valence-electron chi connectivity index (χ4n) is 9.67. The third-order valence-corrected chi connectivity index (χ3v) is 13.6. The van der Waals surface area contributed by atoms with Gasteiger partial charge in [-0.3, -0.25) is 0 Å². The Morgan fingerprint density at radius 3 is 1.31 bits per heavy atom. The largest absolute Gasteiger partial charge is 0.489 e. The molecule has 1 atom stereocenters. The Balaban J connectivity index is 1.66. The fourth-order valence-corrected chi connectivity index (χ4v) is 9.67. The minimum atomic E-state index is -5.18. The second kappa shape index (κ2) is 27.9. The van der Waals surface area contributed by atoms with Crippen LogP contribution in [0.3, 0.4) is 0 Å². The summed E-state index contributed by atoms with van der Waals surface area (Å²) in [7, 11) is 0. The van der Waals surface area contributed by atoms with Gasteiger partial charge in [0, 0.05) is 29.9 Å². The zero-order valence-corrected chi connectivity index (χ0v) is 41.9. The van der Waals surface area contributed by atoms with E-state index in [1.807, 2.05) is 18.2 Å². The number of ether oxygens (including phenoxy) is 5. The van der Waals surface area contributed by atoms with Crippen molar-refractivity contribution in [3.63, 3.8) is 0 Å². The van der Waals surface area contributed by atoms with Crippen molar-refractivity contribution in [2.75, 3.05) is 44.4 Å². The highest BCUT2D eigenvalue weighted by Crippen LogP contribution is 2.57. The Morgan fingerprint density at radius 1 is 0.549 bits per heavy atom. The van der Waals surface area contributed by atoms with Crippen molar-refractivity contribution < 1.29 is 36.9 Å². The standard InChI is InChI=1S/C59H71F3N4O5/c1-3-66(4-2)48-33-30-45(31-34-48)32-35-49-54-56-50(36-37-52-51(44-65)53(46(42-63)43-64)71-58(52,59(60,61)62)47-28-22-21-23-29-47)57(69-40-26-19-15-11-7-5-9-13-17-24-38-67-54)55(49)68-39-25-18-14-10-6-8-12-16-20-27-41-70-56/h21-23,28-37H,3-20,24-27,38-41H2,1-2H3/b35-32?,37-36-. The summed E-state index contributed by atoms with van der Waals surface area (Å²) in [5.74, 6) is 0.575. The van der Waals surface area contributed by atoms with E-state index in [0.29, 0.717) is 43.5 Å². The van der Waals surface area contributed by atoms with Crippen molar-refractivity contribution in [3.05, 3.63) is 105 Å². The second-order valence-electron chi connectivity index (χ2n) is 18.5. The molecule has 3 heterocycles. The van der Waals surface area contributed by atoms with Gasteiger partial charge in [0.25, 0.3) is 5.60 Å². The first-order chi connectivity index (χ1) is 34.7. The van der Waals surface area contributed by atoms with Crippen molar-refractivity contribution in [2.45, 2.75) is 154 Å². The highest BCUT2D eigenvalue weighted by atomic mass is 19.4. The molecule has 0 radical (unpaired) electrons. The van der Waals surface area contributed by atoms with E-state index in [0.717, 1.165) is 127 Å². The Labute approximate surface area is 420 Å². The molecule has 71 heavy (non-hydrogen) atoms. The van der Waals surface area contributed by atoms with Gasteiger partial charge in [-0.05, 0) is 69.4 Å². The third-order valence-electron chi connectivity index (χ3n) is 13.6. The van der Waals surface area contributed by atoms with Gasteiger partial charge in [0.2, 0.25) is 0 Å². The van der Waals surface area contributed by atoms with Crippen LogP contribution in [0.15, 0.2) is 83.2 Å². The number of allylic oxidation sites excluding steroid dienone is 2. The number of nitriles is 3. The van der Waals surface area contributed by atoms with Crippen LogP contribution in [-0.2, 0) is 10.3 Å². The van der Waals surface area contributed by atoms with Crippen molar-refractivity contribution >= 4 is 23.9 Å². The van der Waals surface area contributed by atoms with E-state index < -0.39 is 34.3 Å². The molecule has 0 amide bonds. The van der Waals surface area contributed by atoms with Gasteiger partial charge >= 0.3 is 6.18 Å². The quantitative estimate of drug-likeness (QED) is 0.160. The van der Waals surface area contributed by atoms with Gasteiger partial charge < -0.3 is 28.6 Å². The zero-order chi connectivity index (χ0) is 50.3. The molecular weight excluding hydrogens is 902 g/mol. The maximum atomic E-state index is 16.1. The average molecular weight is 973 g/mol. The summed E-state index contributed by atoms with van der Waals surface area (Å²) < 4.78 is 81.7. The Hall–Kier alpha value is -6.32. The van der Waals surface area contributed by atoms with Gasteiger partial charge in [-0.2, -0.15) is 29.0 Å². The van der Waals surface area contributed by atoms with Gasteiger partial charge in [0.1, 0.15) is 23.8 Å². The lowest BCUT2D eigenvalue weighted by atomic mass is 9.83. The van der Waals surface area contributed by atoms with Gasteiger partial charge in [-0.15, -0.1) is 0 Å². The lowest BCUT2D eigenvalue weighted by molar-refractivity contribution is -0.249. The van der Waals surface area contributed by atoms with Crippen LogP contribution >= 0.6 is 0 Å². The van der Waals surface area contributed by atoms with E-state index in [9.17, 15) is 15.8 Å². The second-order valence-corrected chi connectivity index (χ2v) is 18.5. The molecule has 3 aromatic carbocycles. The van der Waals surface area contributed by atoms with Crippen LogP contribution in [0.2, 0.25) is 0 Å². The number of hydrogen-bond acceptors (Lipinski definition) is 9. The molecule has 12 heteroatoms. The topological polar surface area (TPSA) is 121 Å². The normalized spacial score (nSPS) is 19.6. The average Bonchev–Trinajstić information content (AvgIpc) is 3.72. The number of hydrogen-bond donors (Lipinski definition) is 0. The van der Waals surface area contributed by atoms with Crippen LogP contribution in [-0.4, -0.2) is 45.7 Å². The van der Waals surface area contributed by atoms with Gasteiger partial charge in [0.15, 0.2) is 34.3 Å². The molecule has 3 aromatic rings. The molecule has 0 N–H and O–H groups in total. The highest BCUT2D eigenvalue weighted by molar-refractivity contribution is 5.86. The molecule has 0 saturated heterocycles. The maximum absolute atomic E-state index is 16.1. The summed E-state index contributed by atoms with van der Waals surface area (Å²) in [5.41, 5.74) is -2.62. The number of benzene rings is 3. The summed E-state index contributed by atoms with van der Waals surface area (Å²) in [6.45, 7) is 7.30. The lowest BCUT2D eigenvalue weighted by Gasteiger charge is -2.33. The molecule has 9 nitrogen and oxygen atoms in total. The van der Waals surface area contributed by atoms with Crippen molar-refractivity contribution in [3.8, 4) is 41.2 Å². The molecule has 3 aliphatic rings. The first-order valence-electron chi connectivity index (χ1n) is 26.2. The van der Waals surface area contributed by atoms with Crippen LogP contribution in [0, 0.1) is 34.0 Å². The molecular formula is C59H71F3N4O5. The molecule has 0 saturated carbocycles. The number of halogens is 3. The molecule has 1 unspecified atom stereocenters. The molecule has 0 fully saturated rings. The number of nitrogens with zero attached hydrogens (tertiary/aromatic N) is 4. The number of alkyl halides is 3. The van der Waals surface area contributed by atoms with E-state index >= 15 is 13.2 Å².